The van der Waals surface area contributed by atoms with Crippen LogP contribution in [0.15, 0.2) is 18.2 Å². The van der Waals surface area contributed by atoms with Crippen LogP contribution in [0.1, 0.15) is 30.1 Å². The van der Waals surface area contributed by atoms with E-state index < -0.39 is 17.5 Å². The highest BCUT2D eigenvalue weighted by Gasteiger charge is 2.19. The van der Waals surface area contributed by atoms with E-state index in [1.807, 2.05) is 6.92 Å². The van der Waals surface area contributed by atoms with Crippen molar-refractivity contribution in [2.75, 3.05) is 19.6 Å². The van der Waals surface area contributed by atoms with Gasteiger partial charge in [-0.05, 0) is 51.1 Å². The lowest BCUT2D eigenvalue weighted by atomic mass is 10.2. The number of halogens is 2. The third kappa shape index (κ3) is 3.50. The smallest absolute Gasteiger partial charge is 0.254 e. The quantitative estimate of drug-likeness (QED) is 0.907. The molecule has 1 heterocycles. The van der Waals surface area contributed by atoms with Gasteiger partial charge in [0, 0.05) is 12.6 Å². The zero-order valence-corrected chi connectivity index (χ0v) is 11.0. The van der Waals surface area contributed by atoms with Gasteiger partial charge in [-0.3, -0.25) is 9.69 Å². The molecule has 0 bridgehead atoms. The Bertz CT molecular complexity index is 459. The van der Waals surface area contributed by atoms with Crippen molar-refractivity contribution in [3.63, 3.8) is 0 Å². The van der Waals surface area contributed by atoms with Crippen LogP contribution in [0.5, 0.6) is 0 Å². The maximum absolute atomic E-state index is 13.4. The summed E-state index contributed by atoms with van der Waals surface area (Å²) in [4.78, 5) is 14.1. The minimum Gasteiger partial charge on any atom is -0.350 e. The van der Waals surface area contributed by atoms with Gasteiger partial charge in [0.1, 0.15) is 11.6 Å². The Morgan fingerprint density at radius 1 is 1.37 bits per heavy atom. The zero-order chi connectivity index (χ0) is 13.8. The van der Waals surface area contributed by atoms with Crippen molar-refractivity contribution in [3.05, 3.63) is 35.4 Å². The first kappa shape index (κ1) is 13.9. The van der Waals surface area contributed by atoms with Crippen LogP contribution in [0.25, 0.3) is 0 Å². The number of rotatable bonds is 4. The minimum atomic E-state index is -0.701. The van der Waals surface area contributed by atoms with E-state index in [0.717, 1.165) is 31.3 Å². The van der Waals surface area contributed by atoms with Crippen molar-refractivity contribution in [2.45, 2.75) is 25.8 Å². The Kier molecular flexibility index (Phi) is 4.47. The molecule has 1 aromatic rings. The highest BCUT2D eigenvalue weighted by Crippen LogP contribution is 2.12. The van der Waals surface area contributed by atoms with Crippen molar-refractivity contribution in [2.24, 2.45) is 0 Å². The summed E-state index contributed by atoms with van der Waals surface area (Å²) < 4.78 is 26.4. The normalized spacial score (nSPS) is 17.4. The van der Waals surface area contributed by atoms with Crippen LogP contribution in [0.3, 0.4) is 0 Å². The number of carbonyl (C=O) groups is 1. The zero-order valence-electron chi connectivity index (χ0n) is 11.0. The molecule has 1 aliphatic heterocycles. The molecule has 19 heavy (non-hydrogen) atoms. The molecule has 1 atom stereocenters. The van der Waals surface area contributed by atoms with E-state index in [-0.39, 0.29) is 11.6 Å². The van der Waals surface area contributed by atoms with Gasteiger partial charge in [-0.15, -0.1) is 0 Å². The van der Waals surface area contributed by atoms with E-state index >= 15 is 0 Å². The summed E-state index contributed by atoms with van der Waals surface area (Å²) in [6.45, 7) is 4.53. The number of likely N-dealkylation sites (tertiary alicyclic amines) is 1. The van der Waals surface area contributed by atoms with Crippen LogP contribution in [0.4, 0.5) is 8.78 Å². The van der Waals surface area contributed by atoms with Gasteiger partial charge in [-0.1, -0.05) is 0 Å². The van der Waals surface area contributed by atoms with Crippen molar-refractivity contribution in [1.82, 2.24) is 10.2 Å². The van der Waals surface area contributed by atoms with Gasteiger partial charge in [0.25, 0.3) is 5.91 Å². The molecule has 5 heteroatoms. The van der Waals surface area contributed by atoms with Gasteiger partial charge in [0.15, 0.2) is 0 Å². The fraction of sp³-hybridized carbons (Fsp3) is 0.500. The predicted octanol–water partition coefficient (Wildman–Crippen LogP) is 2.18. The van der Waals surface area contributed by atoms with E-state index in [0.29, 0.717) is 6.54 Å². The van der Waals surface area contributed by atoms with Crippen LogP contribution in [0, 0.1) is 11.6 Å². The topological polar surface area (TPSA) is 32.3 Å². The number of hydrogen-bond donors (Lipinski definition) is 1. The lowest BCUT2D eigenvalue weighted by Crippen LogP contribution is -2.40. The molecule has 1 fully saturated rings. The first-order valence-corrected chi connectivity index (χ1v) is 6.55. The molecule has 1 N–H and O–H groups in total. The van der Waals surface area contributed by atoms with Gasteiger partial charge in [-0.25, -0.2) is 8.78 Å². The molecule has 0 spiro atoms. The number of nitrogens with zero attached hydrogens (tertiary/aromatic N) is 1. The molecule has 0 aromatic heterocycles. The summed E-state index contributed by atoms with van der Waals surface area (Å²) >= 11 is 0. The molecule has 0 saturated carbocycles. The van der Waals surface area contributed by atoms with Gasteiger partial charge >= 0.3 is 0 Å². The van der Waals surface area contributed by atoms with Crippen LogP contribution < -0.4 is 5.32 Å². The molecule has 1 aliphatic rings. The molecule has 1 amide bonds. The molecule has 104 valence electrons. The fourth-order valence-electron chi connectivity index (χ4n) is 2.32. The van der Waals surface area contributed by atoms with Crippen LogP contribution >= 0.6 is 0 Å². The first-order valence-electron chi connectivity index (χ1n) is 6.55. The Balaban J connectivity index is 1.91. The van der Waals surface area contributed by atoms with Crippen LogP contribution in [0.2, 0.25) is 0 Å². The summed E-state index contributed by atoms with van der Waals surface area (Å²) in [5.41, 5.74) is -0.242. The van der Waals surface area contributed by atoms with Crippen LogP contribution in [-0.4, -0.2) is 36.5 Å². The summed E-state index contributed by atoms with van der Waals surface area (Å²) in [7, 11) is 0. The number of hydrogen-bond acceptors (Lipinski definition) is 2. The number of amides is 1. The third-order valence-corrected chi connectivity index (χ3v) is 3.50. The Labute approximate surface area is 111 Å². The van der Waals surface area contributed by atoms with Gasteiger partial charge in [0.05, 0.1) is 5.56 Å². The molecular weight excluding hydrogens is 250 g/mol. The summed E-state index contributed by atoms with van der Waals surface area (Å²) in [5, 5.41) is 2.66. The number of benzene rings is 1. The second-order valence-electron chi connectivity index (χ2n) is 4.93. The standard InChI is InChI=1S/C14H18F2N2O/c1-10(18-6-2-3-7-18)9-17-14(19)12-8-11(15)4-5-13(12)16/h4-5,8,10H,2-3,6-7,9H2,1H3,(H,17,19). The average molecular weight is 268 g/mol. The lowest BCUT2D eigenvalue weighted by molar-refractivity contribution is 0.0936. The van der Waals surface area contributed by atoms with Crippen molar-refractivity contribution in [1.29, 1.82) is 0 Å². The lowest BCUT2D eigenvalue weighted by Gasteiger charge is -2.23. The van der Waals surface area contributed by atoms with E-state index in [9.17, 15) is 13.6 Å². The molecule has 0 aliphatic carbocycles. The minimum absolute atomic E-state index is 0.211. The van der Waals surface area contributed by atoms with Gasteiger partial charge in [-0.2, -0.15) is 0 Å². The van der Waals surface area contributed by atoms with Crippen LogP contribution in [-0.2, 0) is 0 Å². The van der Waals surface area contributed by atoms with Crippen molar-refractivity contribution < 1.29 is 13.6 Å². The van der Waals surface area contributed by atoms with E-state index in [1.165, 1.54) is 12.8 Å². The van der Waals surface area contributed by atoms with Crippen molar-refractivity contribution >= 4 is 5.91 Å². The third-order valence-electron chi connectivity index (χ3n) is 3.50. The molecule has 0 radical (unpaired) electrons. The summed E-state index contributed by atoms with van der Waals surface area (Å²) in [6, 6.07) is 3.10. The Hall–Kier alpha value is -1.49. The predicted molar refractivity (Wildman–Crippen MR) is 69.0 cm³/mol. The van der Waals surface area contributed by atoms with Gasteiger partial charge < -0.3 is 5.32 Å². The molecular formula is C14H18F2N2O. The Morgan fingerprint density at radius 2 is 2.05 bits per heavy atom. The SMILES string of the molecule is CC(CNC(=O)c1cc(F)ccc1F)N1CCCC1. The second-order valence-corrected chi connectivity index (χ2v) is 4.93. The fourth-order valence-corrected chi connectivity index (χ4v) is 2.32. The van der Waals surface area contributed by atoms with E-state index in [4.69, 9.17) is 0 Å². The van der Waals surface area contributed by atoms with Gasteiger partial charge in [0.2, 0.25) is 0 Å². The average Bonchev–Trinajstić information content (AvgIpc) is 2.92. The highest BCUT2D eigenvalue weighted by molar-refractivity contribution is 5.94. The second kappa shape index (κ2) is 6.10. The highest BCUT2D eigenvalue weighted by atomic mass is 19.1. The molecule has 2 rings (SSSR count). The maximum atomic E-state index is 13.4. The monoisotopic (exact) mass is 268 g/mol. The molecule has 1 unspecified atom stereocenters. The van der Waals surface area contributed by atoms with Crippen molar-refractivity contribution in [3.8, 4) is 0 Å². The molecule has 1 aromatic carbocycles. The Morgan fingerprint density at radius 3 is 2.74 bits per heavy atom. The first-order chi connectivity index (χ1) is 9.08. The summed E-state index contributed by atoms with van der Waals surface area (Å²) in [5.74, 6) is -1.88. The summed E-state index contributed by atoms with van der Waals surface area (Å²) in [6.07, 6.45) is 2.35. The number of nitrogens with one attached hydrogen (secondary N) is 1. The largest absolute Gasteiger partial charge is 0.350 e. The molecule has 3 nitrogen and oxygen atoms in total. The van der Waals surface area contributed by atoms with E-state index in [2.05, 4.69) is 10.2 Å². The molecule has 1 saturated heterocycles. The maximum Gasteiger partial charge on any atom is 0.254 e. The van der Waals surface area contributed by atoms with E-state index in [1.54, 1.807) is 0 Å². The number of carbonyl (C=O) groups excluding carboxylic acids is 1.